The van der Waals surface area contributed by atoms with Crippen molar-refractivity contribution >= 4 is 5.91 Å². The van der Waals surface area contributed by atoms with E-state index in [0.29, 0.717) is 6.42 Å². The molecule has 0 aromatic heterocycles. The van der Waals surface area contributed by atoms with Crippen LogP contribution in [0.25, 0.3) is 0 Å². The number of carbonyl (C=O) groups excluding carboxylic acids is 1. The van der Waals surface area contributed by atoms with Gasteiger partial charge in [-0.05, 0) is 57.8 Å². The minimum atomic E-state index is -1.79. The number of rotatable bonds is 53. The number of carbonyl (C=O) groups is 1. The van der Waals surface area contributed by atoms with E-state index >= 15 is 0 Å². The zero-order chi connectivity index (χ0) is 58.8. The molecule has 12 unspecified atom stereocenters. The lowest BCUT2D eigenvalue weighted by molar-refractivity contribution is -0.359. The van der Waals surface area contributed by atoms with Crippen LogP contribution in [-0.4, -0.2) is 140 Å². The van der Waals surface area contributed by atoms with Crippen LogP contribution in [0.5, 0.6) is 0 Å². The highest BCUT2D eigenvalue weighted by Crippen LogP contribution is 2.30. The van der Waals surface area contributed by atoms with Gasteiger partial charge in [-0.2, -0.15) is 0 Å². The lowest BCUT2D eigenvalue weighted by Crippen LogP contribution is -2.65. The Balaban J connectivity index is 1.55. The van der Waals surface area contributed by atoms with Gasteiger partial charge in [0, 0.05) is 6.42 Å². The van der Waals surface area contributed by atoms with Crippen LogP contribution in [0.15, 0.2) is 60.8 Å². The summed E-state index contributed by atoms with van der Waals surface area (Å²) in [5, 5.41) is 87.0. The molecule has 9 N–H and O–H groups in total. The lowest BCUT2D eigenvalue weighted by Gasteiger charge is -2.46. The van der Waals surface area contributed by atoms with Gasteiger partial charge in [0.2, 0.25) is 5.91 Å². The molecule has 0 saturated carbocycles. The molecule has 14 heteroatoms. The van der Waals surface area contributed by atoms with E-state index in [9.17, 15) is 45.6 Å². The van der Waals surface area contributed by atoms with Crippen molar-refractivity contribution < 1.29 is 64.6 Å². The third-order valence-corrected chi connectivity index (χ3v) is 16.0. The van der Waals surface area contributed by atoms with Crippen molar-refractivity contribution in [2.24, 2.45) is 0 Å². The molecule has 0 spiro atoms. The summed E-state index contributed by atoms with van der Waals surface area (Å²) >= 11 is 0. The van der Waals surface area contributed by atoms with Crippen molar-refractivity contribution in [3.05, 3.63) is 60.8 Å². The fraction of sp³-hybridized carbons (Fsp3) is 0.836. The second-order valence-electron chi connectivity index (χ2n) is 23.2. The predicted octanol–water partition coefficient (Wildman–Crippen LogP) is 12.5. The fourth-order valence-corrected chi connectivity index (χ4v) is 10.7. The standard InChI is InChI=1S/C67H121NO13/c1-3-5-7-9-11-13-15-16-17-18-19-20-21-22-23-24-25-26-27-28-29-30-31-32-33-34-35-36-37-38-39-40-41-43-45-47-49-51-59(72)68-55(56(71)50-48-46-44-42-14-12-10-8-6-4-2)54-78-66-64(77)62(75)65(58(53-70)80-66)81-67-63(76)61(74)60(73)57(52-69)79-67/h5,7,11,13,16-17,19-20,48,50,55-58,60-67,69-71,73-77H,3-4,6,8-10,12,14-15,18,21-47,49,51-54H2,1-2H3,(H,68,72)/b7-5-,13-11-,17-16-,20-19-,50-48+. The number of hydrogen-bond donors (Lipinski definition) is 9. The smallest absolute Gasteiger partial charge is 0.220 e. The van der Waals surface area contributed by atoms with Crippen LogP contribution in [0.1, 0.15) is 264 Å². The van der Waals surface area contributed by atoms with Crippen molar-refractivity contribution in [1.82, 2.24) is 5.32 Å². The van der Waals surface area contributed by atoms with Crippen molar-refractivity contribution in [3.8, 4) is 0 Å². The Morgan fingerprint density at radius 1 is 0.457 bits per heavy atom. The second-order valence-corrected chi connectivity index (χ2v) is 23.2. The molecule has 0 aliphatic carbocycles. The number of unbranched alkanes of at least 4 members (excludes halogenated alkanes) is 32. The van der Waals surface area contributed by atoms with E-state index in [1.807, 2.05) is 6.08 Å². The SMILES string of the molecule is CC/C=C\C/C=C\C/C=C\C/C=C\CCCCCCCCCCCCCCCCCCCCCCCCCCC(=O)NC(COC1OC(CO)C(OC2OC(CO)C(O)C(O)C2O)C(O)C1O)C(O)/C=C/CCCCCCCCCC. The molecule has 2 rings (SSSR count). The maximum atomic E-state index is 13.2. The highest BCUT2D eigenvalue weighted by atomic mass is 16.7. The van der Waals surface area contributed by atoms with Crippen molar-refractivity contribution in [2.45, 2.75) is 338 Å². The van der Waals surface area contributed by atoms with Crippen LogP contribution in [0.3, 0.4) is 0 Å². The first-order valence-electron chi connectivity index (χ1n) is 33.0. The first kappa shape index (κ1) is 74.8. The maximum absolute atomic E-state index is 13.2. The lowest BCUT2D eigenvalue weighted by atomic mass is 9.97. The van der Waals surface area contributed by atoms with Crippen molar-refractivity contribution in [1.29, 1.82) is 0 Å². The molecule has 2 saturated heterocycles. The zero-order valence-corrected chi connectivity index (χ0v) is 51.0. The van der Waals surface area contributed by atoms with Gasteiger partial charge in [0.1, 0.15) is 48.8 Å². The molecule has 2 heterocycles. The van der Waals surface area contributed by atoms with E-state index in [1.54, 1.807) is 6.08 Å². The van der Waals surface area contributed by atoms with Gasteiger partial charge in [0.15, 0.2) is 12.6 Å². The number of ether oxygens (including phenoxy) is 4. The van der Waals surface area contributed by atoms with Crippen LogP contribution in [0, 0.1) is 0 Å². The third kappa shape index (κ3) is 37.0. The van der Waals surface area contributed by atoms with Crippen LogP contribution < -0.4 is 5.32 Å². The average Bonchev–Trinajstić information content (AvgIpc) is 3.51. The van der Waals surface area contributed by atoms with Gasteiger partial charge in [0.25, 0.3) is 0 Å². The fourth-order valence-electron chi connectivity index (χ4n) is 10.7. The van der Waals surface area contributed by atoms with E-state index in [2.05, 4.69) is 67.8 Å². The van der Waals surface area contributed by atoms with Crippen molar-refractivity contribution in [2.75, 3.05) is 19.8 Å². The van der Waals surface area contributed by atoms with Crippen LogP contribution in [-0.2, 0) is 23.7 Å². The van der Waals surface area contributed by atoms with Gasteiger partial charge in [-0.15, -0.1) is 0 Å². The summed E-state index contributed by atoms with van der Waals surface area (Å²) in [5.74, 6) is -0.238. The molecule has 0 aromatic rings. The van der Waals surface area contributed by atoms with Crippen LogP contribution in [0.2, 0.25) is 0 Å². The molecule has 0 aromatic carbocycles. The van der Waals surface area contributed by atoms with E-state index in [4.69, 9.17) is 18.9 Å². The number of amides is 1. The summed E-state index contributed by atoms with van der Waals surface area (Å²) < 4.78 is 22.7. The van der Waals surface area contributed by atoms with E-state index in [-0.39, 0.29) is 18.9 Å². The van der Waals surface area contributed by atoms with Gasteiger partial charge in [-0.25, -0.2) is 0 Å². The molecule has 472 valence electrons. The minimum Gasteiger partial charge on any atom is -0.394 e. The number of nitrogens with one attached hydrogen (secondary N) is 1. The molecule has 1 amide bonds. The number of aliphatic hydroxyl groups is 8. The quantitative estimate of drug-likeness (QED) is 0.0204. The average molecular weight is 1150 g/mol. The van der Waals surface area contributed by atoms with Crippen LogP contribution in [0.4, 0.5) is 0 Å². The maximum Gasteiger partial charge on any atom is 0.220 e. The molecule has 2 aliphatic rings. The largest absolute Gasteiger partial charge is 0.394 e. The Bertz CT molecular complexity index is 1590. The summed E-state index contributed by atoms with van der Waals surface area (Å²) in [7, 11) is 0. The minimum absolute atomic E-state index is 0.238. The molecule has 14 nitrogen and oxygen atoms in total. The molecular formula is C67H121NO13. The van der Waals surface area contributed by atoms with Gasteiger partial charge in [-0.1, -0.05) is 261 Å². The molecule has 12 atom stereocenters. The Hall–Kier alpha value is -2.31. The molecular weight excluding hydrogens is 1030 g/mol. The van der Waals surface area contributed by atoms with Gasteiger partial charge in [0.05, 0.1) is 32.0 Å². The van der Waals surface area contributed by atoms with E-state index in [1.165, 1.54) is 173 Å². The third-order valence-electron chi connectivity index (χ3n) is 16.0. The summed E-state index contributed by atoms with van der Waals surface area (Å²) in [6.45, 7) is 2.67. The number of allylic oxidation sites excluding steroid dienone is 9. The van der Waals surface area contributed by atoms with Gasteiger partial charge < -0.3 is 65.1 Å². The number of aliphatic hydroxyl groups excluding tert-OH is 8. The Labute approximate surface area is 492 Å². The molecule has 2 aliphatic heterocycles. The predicted molar refractivity (Wildman–Crippen MR) is 327 cm³/mol. The van der Waals surface area contributed by atoms with E-state index < -0.39 is 86.8 Å². The number of hydrogen-bond acceptors (Lipinski definition) is 13. The molecule has 2 fully saturated rings. The summed E-state index contributed by atoms with van der Waals surface area (Å²) in [5.41, 5.74) is 0. The molecule has 0 bridgehead atoms. The molecule has 0 radical (unpaired) electrons. The van der Waals surface area contributed by atoms with Gasteiger partial charge in [-0.3, -0.25) is 4.79 Å². The summed E-state index contributed by atoms with van der Waals surface area (Å²) in [6, 6.07) is -0.912. The first-order chi connectivity index (χ1) is 39.6. The summed E-state index contributed by atoms with van der Waals surface area (Å²) in [4.78, 5) is 13.2. The van der Waals surface area contributed by atoms with Crippen molar-refractivity contribution in [3.63, 3.8) is 0 Å². The Morgan fingerprint density at radius 2 is 0.852 bits per heavy atom. The highest BCUT2D eigenvalue weighted by molar-refractivity contribution is 5.76. The van der Waals surface area contributed by atoms with E-state index in [0.717, 1.165) is 64.2 Å². The Kier molecular flexibility index (Phi) is 48.1. The molecule has 81 heavy (non-hydrogen) atoms. The van der Waals surface area contributed by atoms with Gasteiger partial charge >= 0.3 is 0 Å². The topological polar surface area (TPSA) is 228 Å². The summed E-state index contributed by atoms with van der Waals surface area (Å²) in [6.07, 6.45) is 51.7. The normalized spacial score (nSPS) is 24.5. The highest BCUT2D eigenvalue weighted by Gasteiger charge is 2.51. The second kappa shape index (κ2) is 52.1. The van der Waals surface area contributed by atoms with Crippen LogP contribution >= 0.6 is 0 Å². The Morgan fingerprint density at radius 3 is 1.31 bits per heavy atom. The first-order valence-corrected chi connectivity index (χ1v) is 33.0. The zero-order valence-electron chi connectivity index (χ0n) is 51.0. The monoisotopic (exact) mass is 1150 g/mol.